The minimum Gasteiger partial charge on any atom is -0.351 e. The van der Waals surface area contributed by atoms with Gasteiger partial charge in [0.05, 0.1) is 11.6 Å². The molecule has 0 aliphatic heterocycles. The lowest BCUT2D eigenvalue weighted by Gasteiger charge is -2.15. The summed E-state index contributed by atoms with van der Waals surface area (Å²) >= 11 is 0. The number of nitrogens with two attached hydrogens (primary N) is 1. The predicted octanol–water partition coefficient (Wildman–Crippen LogP) is 1.93. The number of hydrogen-bond donors (Lipinski definition) is 3. The third kappa shape index (κ3) is 4.89. The maximum absolute atomic E-state index is 12.0. The van der Waals surface area contributed by atoms with E-state index in [0.717, 1.165) is 5.56 Å². The number of rotatable bonds is 6. The van der Waals surface area contributed by atoms with E-state index in [0.29, 0.717) is 17.8 Å². The van der Waals surface area contributed by atoms with Crippen molar-refractivity contribution in [2.45, 2.75) is 26.4 Å². The normalized spacial score (nSPS) is 11.8. The monoisotopic (exact) mass is 326 g/mol. The fraction of sp³-hybridized carbons (Fsp3) is 0.278. The summed E-state index contributed by atoms with van der Waals surface area (Å²) < 4.78 is 0. The Morgan fingerprint density at radius 1 is 1.17 bits per heavy atom. The number of benzene rings is 1. The highest BCUT2D eigenvalue weighted by Gasteiger charge is 2.16. The maximum atomic E-state index is 12.0. The van der Waals surface area contributed by atoms with E-state index in [1.54, 1.807) is 30.5 Å². The molecule has 6 nitrogen and oxygen atoms in total. The summed E-state index contributed by atoms with van der Waals surface area (Å²) in [6.45, 7) is 4.21. The second-order valence-corrected chi connectivity index (χ2v) is 5.88. The van der Waals surface area contributed by atoms with Gasteiger partial charge >= 0.3 is 0 Å². The van der Waals surface area contributed by atoms with Crippen LogP contribution in [0.2, 0.25) is 0 Å². The number of aromatic nitrogens is 1. The second kappa shape index (κ2) is 8.21. The minimum absolute atomic E-state index is 0.0927. The molecule has 0 radical (unpaired) electrons. The van der Waals surface area contributed by atoms with Crippen molar-refractivity contribution in [2.24, 2.45) is 11.7 Å². The van der Waals surface area contributed by atoms with E-state index < -0.39 is 6.04 Å². The Kier molecular flexibility index (Phi) is 6.03. The van der Waals surface area contributed by atoms with Crippen molar-refractivity contribution in [2.75, 3.05) is 5.32 Å². The number of carbonyl (C=O) groups excluding carboxylic acids is 2. The fourth-order valence-corrected chi connectivity index (χ4v) is 2.02. The van der Waals surface area contributed by atoms with Crippen molar-refractivity contribution < 1.29 is 9.59 Å². The van der Waals surface area contributed by atoms with Crippen LogP contribution in [0.4, 0.5) is 5.69 Å². The molecule has 0 saturated heterocycles. The number of amides is 2. The van der Waals surface area contributed by atoms with Gasteiger partial charge in [0, 0.05) is 24.6 Å². The number of nitrogens with one attached hydrogen (secondary N) is 2. The minimum atomic E-state index is -0.511. The molecule has 1 atom stereocenters. The van der Waals surface area contributed by atoms with Crippen LogP contribution in [0.25, 0.3) is 0 Å². The summed E-state index contributed by atoms with van der Waals surface area (Å²) in [4.78, 5) is 27.8. The fourth-order valence-electron chi connectivity index (χ4n) is 2.02. The molecule has 0 aliphatic rings. The highest BCUT2D eigenvalue weighted by atomic mass is 16.2. The molecule has 126 valence electrons. The van der Waals surface area contributed by atoms with Crippen LogP contribution >= 0.6 is 0 Å². The summed E-state index contributed by atoms with van der Waals surface area (Å²) in [7, 11) is 0. The Morgan fingerprint density at radius 3 is 2.46 bits per heavy atom. The van der Waals surface area contributed by atoms with Gasteiger partial charge in [0.2, 0.25) is 5.91 Å². The lowest BCUT2D eigenvalue weighted by atomic mass is 10.0. The van der Waals surface area contributed by atoms with Crippen molar-refractivity contribution in [1.29, 1.82) is 0 Å². The Hall–Kier alpha value is -2.73. The zero-order valence-corrected chi connectivity index (χ0v) is 13.8. The molecule has 0 spiro atoms. The molecule has 2 aromatic rings. The Morgan fingerprint density at radius 2 is 1.88 bits per heavy atom. The molecule has 4 N–H and O–H groups in total. The van der Waals surface area contributed by atoms with Gasteiger partial charge in [-0.15, -0.1) is 0 Å². The standard InChI is InChI=1S/C18H22N4O2/c1-12(2)16(19)18(24)21-10-13-5-7-15(8-6-13)22-17(23)14-4-3-9-20-11-14/h3-9,11-12,16H,10,19H2,1-2H3,(H,21,24)(H,22,23)/t16-/m0/s1. The van der Waals surface area contributed by atoms with Crippen LogP contribution in [-0.4, -0.2) is 22.8 Å². The molecule has 1 aromatic carbocycles. The van der Waals surface area contributed by atoms with Gasteiger partial charge in [0.1, 0.15) is 0 Å². The van der Waals surface area contributed by atoms with Gasteiger partial charge in [-0.25, -0.2) is 0 Å². The molecule has 1 heterocycles. The van der Waals surface area contributed by atoms with Crippen LogP contribution in [0, 0.1) is 5.92 Å². The first kappa shape index (κ1) is 17.6. The zero-order chi connectivity index (χ0) is 17.5. The Labute approximate surface area is 141 Å². The molecular formula is C18H22N4O2. The van der Waals surface area contributed by atoms with Gasteiger partial charge in [0.15, 0.2) is 0 Å². The molecule has 0 bridgehead atoms. The smallest absolute Gasteiger partial charge is 0.257 e. The molecule has 2 rings (SSSR count). The SMILES string of the molecule is CC(C)[C@H](N)C(=O)NCc1ccc(NC(=O)c2cccnc2)cc1. The van der Waals surface area contributed by atoms with E-state index in [1.165, 1.54) is 6.20 Å². The highest BCUT2D eigenvalue weighted by molar-refractivity contribution is 6.04. The number of pyridine rings is 1. The third-order valence-electron chi connectivity index (χ3n) is 3.62. The first-order valence-electron chi connectivity index (χ1n) is 7.81. The zero-order valence-electron chi connectivity index (χ0n) is 13.8. The van der Waals surface area contributed by atoms with E-state index in [2.05, 4.69) is 15.6 Å². The average Bonchev–Trinajstić information content (AvgIpc) is 2.60. The van der Waals surface area contributed by atoms with E-state index >= 15 is 0 Å². The van der Waals surface area contributed by atoms with Gasteiger partial charge < -0.3 is 16.4 Å². The average molecular weight is 326 g/mol. The first-order valence-corrected chi connectivity index (χ1v) is 7.81. The van der Waals surface area contributed by atoms with Crippen molar-refractivity contribution >= 4 is 17.5 Å². The van der Waals surface area contributed by atoms with Crippen molar-refractivity contribution in [1.82, 2.24) is 10.3 Å². The molecule has 0 unspecified atom stereocenters. The molecule has 0 aliphatic carbocycles. The number of nitrogens with zero attached hydrogens (tertiary/aromatic N) is 1. The van der Waals surface area contributed by atoms with E-state index in [4.69, 9.17) is 5.73 Å². The van der Waals surface area contributed by atoms with Crippen LogP contribution in [0.5, 0.6) is 0 Å². The molecular weight excluding hydrogens is 304 g/mol. The molecule has 0 fully saturated rings. The topological polar surface area (TPSA) is 97.1 Å². The van der Waals surface area contributed by atoms with Gasteiger partial charge in [-0.1, -0.05) is 26.0 Å². The summed E-state index contributed by atoms with van der Waals surface area (Å²) in [6.07, 6.45) is 3.13. The second-order valence-electron chi connectivity index (χ2n) is 5.88. The summed E-state index contributed by atoms with van der Waals surface area (Å²) in [6, 6.07) is 10.2. The van der Waals surface area contributed by atoms with Gasteiger partial charge in [-0.3, -0.25) is 14.6 Å². The van der Waals surface area contributed by atoms with E-state index in [-0.39, 0.29) is 17.7 Å². The van der Waals surface area contributed by atoms with Crippen LogP contribution in [0.3, 0.4) is 0 Å². The Bertz CT molecular complexity index is 684. The van der Waals surface area contributed by atoms with Gasteiger partial charge in [0.25, 0.3) is 5.91 Å². The quantitative estimate of drug-likeness (QED) is 0.755. The van der Waals surface area contributed by atoms with Crippen LogP contribution in [0.1, 0.15) is 29.8 Å². The van der Waals surface area contributed by atoms with Crippen LogP contribution < -0.4 is 16.4 Å². The lowest BCUT2D eigenvalue weighted by molar-refractivity contribution is -0.123. The molecule has 24 heavy (non-hydrogen) atoms. The lowest BCUT2D eigenvalue weighted by Crippen LogP contribution is -2.43. The number of carbonyl (C=O) groups is 2. The molecule has 2 amide bonds. The van der Waals surface area contributed by atoms with Crippen molar-refractivity contribution in [3.05, 3.63) is 59.9 Å². The Balaban J connectivity index is 1.89. The third-order valence-corrected chi connectivity index (χ3v) is 3.62. The summed E-state index contributed by atoms with van der Waals surface area (Å²) in [5.74, 6) is -0.291. The number of anilines is 1. The summed E-state index contributed by atoms with van der Waals surface area (Å²) in [5, 5.41) is 5.60. The highest BCUT2D eigenvalue weighted by Crippen LogP contribution is 2.11. The first-order chi connectivity index (χ1) is 11.5. The molecule has 1 aromatic heterocycles. The predicted molar refractivity (Wildman–Crippen MR) is 93.3 cm³/mol. The van der Waals surface area contributed by atoms with Gasteiger partial charge in [-0.2, -0.15) is 0 Å². The van der Waals surface area contributed by atoms with E-state index in [9.17, 15) is 9.59 Å². The maximum Gasteiger partial charge on any atom is 0.257 e. The summed E-state index contributed by atoms with van der Waals surface area (Å²) in [5.41, 5.74) is 7.90. The van der Waals surface area contributed by atoms with Crippen molar-refractivity contribution in [3.8, 4) is 0 Å². The molecule has 6 heteroatoms. The number of hydrogen-bond acceptors (Lipinski definition) is 4. The van der Waals surface area contributed by atoms with E-state index in [1.807, 2.05) is 26.0 Å². The molecule has 0 saturated carbocycles. The van der Waals surface area contributed by atoms with Crippen LogP contribution in [-0.2, 0) is 11.3 Å². The largest absolute Gasteiger partial charge is 0.351 e. The van der Waals surface area contributed by atoms with Crippen LogP contribution in [0.15, 0.2) is 48.8 Å². The van der Waals surface area contributed by atoms with Crippen molar-refractivity contribution in [3.63, 3.8) is 0 Å². The van der Waals surface area contributed by atoms with Gasteiger partial charge in [-0.05, 0) is 35.7 Å².